The van der Waals surface area contributed by atoms with Crippen molar-refractivity contribution in [3.05, 3.63) is 21.9 Å². The molecule has 1 heterocycles. The van der Waals surface area contributed by atoms with Crippen molar-refractivity contribution in [2.24, 2.45) is 5.92 Å². The summed E-state index contributed by atoms with van der Waals surface area (Å²) < 4.78 is 26.3. The van der Waals surface area contributed by atoms with Gasteiger partial charge in [-0.15, -0.1) is 23.7 Å². The van der Waals surface area contributed by atoms with Crippen molar-refractivity contribution in [1.82, 2.24) is 10.6 Å². The van der Waals surface area contributed by atoms with E-state index in [4.69, 9.17) is 0 Å². The fourth-order valence-electron chi connectivity index (χ4n) is 3.49. The van der Waals surface area contributed by atoms with Crippen LogP contribution in [0.3, 0.4) is 0 Å². The van der Waals surface area contributed by atoms with Crippen LogP contribution in [0.25, 0.3) is 0 Å². The van der Waals surface area contributed by atoms with E-state index >= 15 is 0 Å². The van der Waals surface area contributed by atoms with Crippen molar-refractivity contribution in [2.45, 2.75) is 68.9 Å². The minimum absolute atomic E-state index is 0. The molecule has 0 aromatic carbocycles. The predicted molar refractivity (Wildman–Crippen MR) is 98.1 cm³/mol. The maximum absolute atomic E-state index is 13.2. The highest BCUT2D eigenvalue weighted by Crippen LogP contribution is 2.44. The van der Waals surface area contributed by atoms with Crippen molar-refractivity contribution < 1.29 is 13.6 Å². The fourth-order valence-corrected chi connectivity index (χ4v) is 4.58. The first-order chi connectivity index (χ1) is 11.5. The first kappa shape index (κ1) is 19.1. The Morgan fingerprint density at radius 3 is 2.60 bits per heavy atom. The smallest absolute Gasteiger partial charge is 0.261 e. The number of alkyl halides is 2. The summed E-state index contributed by atoms with van der Waals surface area (Å²) in [6, 6.07) is 4.39. The summed E-state index contributed by atoms with van der Waals surface area (Å²) in [7, 11) is 0. The van der Waals surface area contributed by atoms with Crippen LogP contribution in [-0.2, 0) is 0 Å². The Morgan fingerprint density at radius 1 is 1.20 bits per heavy atom. The number of carbonyl (C=O) groups excluding carboxylic acids is 1. The second kappa shape index (κ2) is 7.49. The molecule has 0 aliphatic heterocycles. The first-order valence-corrected chi connectivity index (χ1v) is 9.84. The molecule has 2 N–H and O–H groups in total. The quantitative estimate of drug-likeness (QED) is 0.758. The Morgan fingerprint density at radius 2 is 1.92 bits per heavy atom. The van der Waals surface area contributed by atoms with Gasteiger partial charge in [-0.25, -0.2) is 8.78 Å². The van der Waals surface area contributed by atoms with E-state index < -0.39 is 5.92 Å². The van der Waals surface area contributed by atoms with E-state index in [1.165, 1.54) is 17.7 Å². The van der Waals surface area contributed by atoms with Gasteiger partial charge in [-0.2, -0.15) is 0 Å². The molecule has 4 rings (SSSR count). The van der Waals surface area contributed by atoms with Crippen molar-refractivity contribution in [3.8, 4) is 0 Å². The van der Waals surface area contributed by atoms with Crippen molar-refractivity contribution in [1.29, 1.82) is 0 Å². The van der Waals surface area contributed by atoms with Gasteiger partial charge in [0.25, 0.3) is 5.91 Å². The predicted octanol–water partition coefficient (Wildman–Crippen LogP) is 4.33. The Kier molecular flexibility index (Phi) is 5.71. The summed E-state index contributed by atoms with van der Waals surface area (Å²) in [5, 5.41) is 6.54. The summed E-state index contributed by atoms with van der Waals surface area (Å²) in [6.07, 6.45) is 4.38. The minimum atomic E-state index is -2.55. The van der Waals surface area contributed by atoms with Crippen LogP contribution < -0.4 is 10.6 Å². The lowest BCUT2D eigenvalue weighted by atomic mass is 9.92. The third kappa shape index (κ3) is 4.92. The molecule has 0 saturated heterocycles. The average molecular weight is 391 g/mol. The van der Waals surface area contributed by atoms with Gasteiger partial charge < -0.3 is 10.6 Å². The lowest BCUT2D eigenvalue weighted by Gasteiger charge is -2.28. The minimum Gasteiger partial charge on any atom is -0.349 e. The van der Waals surface area contributed by atoms with Crippen LogP contribution in [0.4, 0.5) is 8.78 Å². The zero-order chi connectivity index (χ0) is 16.7. The molecule has 25 heavy (non-hydrogen) atoms. The molecule has 1 amide bonds. The van der Waals surface area contributed by atoms with Crippen LogP contribution in [0.2, 0.25) is 0 Å². The normalized spacial score (nSPS) is 28.2. The third-order valence-corrected chi connectivity index (χ3v) is 6.64. The summed E-state index contributed by atoms with van der Waals surface area (Å²) >= 11 is 1.55. The molecule has 3 nitrogen and oxygen atoms in total. The number of halogens is 3. The van der Waals surface area contributed by atoms with E-state index in [0.29, 0.717) is 29.7 Å². The van der Waals surface area contributed by atoms with Gasteiger partial charge in [0.1, 0.15) is 0 Å². The summed E-state index contributed by atoms with van der Waals surface area (Å²) in [5.41, 5.74) is 0. The molecule has 2 atom stereocenters. The summed E-state index contributed by atoms with van der Waals surface area (Å²) in [6.45, 7) is 1.13. The van der Waals surface area contributed by atoms with Gasteiger partial charge in [0.2, 0.25) is 5.92 Å². The molecule has 0 bridgehead atoms. The Hall–Kier alpha value is -0.720. The lowest BCUT2D eigenvalue weighted by Crippen LogP contribution is -2.40. The van der Waals surface area contributed by atoms with Gasteiger partial charge in [0.15, 0.2) is 0 Å². The van der Waals surface area contributed by atoms with Crippen molar-refractivity contribution in [3.63, 3.8) is 0 Å². The molecule has 3 aliphatic carbocycles. The molecule has 2 unspecified atom stereocenters. The van der Waals surface area contributed by atoms with Gasteiger partial charge in [-0.1, -0.05) is 0 Å². The maximum atomic E-state index is 13.2. The number of thiophene rings is 1. The molecule has 3 fully saturated rings. The number of carbonyl (C=O) groups is 1. The standard InChI is InChI=1S/C18H24F2N2OS.ClH/c19-18(20)7-5-12(6-8-18)22-17(23)16-4-3-15(24-16)13-9-14(13)21-10-11-1-2-11;/h3-4,11-14,21H,1-2,5-10H2,(H,22,23);1H. The zero-order valence-corrected chi connectivity index (χ0v) is 15.7. The van der Waals surface area contributed by atoms with Gasteiger partial charge in [-0.3, -0.25) is 4.79 Å². The SMILES string of the molecule is Cl.O=C(NC1CCC(F)(F)CC1)c1ccc(C2CC2NCC2CC2)s1. The van der Waals surface area contributed by atoms with Crippen LogP contribution in [0.15, 0.2) is 12.1 Å². The lowest BCUT2D eigenvalue weighted by molar-refractivity contribution is -0.0399. The molecule has 0 radical (unpaired) electrons. The third-order valence-electron chi connectivity index (χ3n) is 5.42. The van der Waals surface area contributed by atoms with Gasteiger partial charge in [0, 0.05) is 35.7 Å². The van der Waals surface area contributed by atoms with E-state index in [1.807, 2.05) is 6.07 Å². The van der Waals surface area contributed by atoms with Gasteiger partial charge >= 0.3 is 0 Å². The number of hydrogen-bond acceptors (Lipinski definition) is 3. The molecule has 140 valence electrons. The molecular formula is C18H25ClF2N2OS. The number of amides is 1. The van der Waals surface area contributed by atoms with E-state index in [9.17, 15) is 13.6 Å². The van der Waals surface area contributed by atoms with Crippen LogP contribution in [0.1, 0.15) is 65.4 Å². The molecule has 0 spiro atoms. The largest absolute Gasteiger partial charge is 0.349 e. The van der Waals surface area contributed by atoms with Gasteiger partial charge in [-0.05, 0) is 56.7 Å². The monoisotopic (exact) mass is 390 g/mol. The van der Waals surface area contributed by atoms with Crippen LogP contribution in [0, 0.1) is 5.92 Å². The second-order valence-corrected chi connectivity index (χ2v) is 8.72. The molecule has 3 saturated carbocycles. The fraction of sp³-hybridized carbons (Fsp3) is 0.722. The van der Waals surface area contributed by atoms with E-state index in [-0.39, 0.29) is 37.2 Å². The molecule has 1 aromatic heterocycles. The molecule has 1 aromatic rings. The number of nitrogens with one attached hydrogen (secondary N) is 2. The van der Waals surface area contributed by atoms with Gasteiger partial charge in [0.05, 0.1) is 4.88 Å². The number of hydrogen-bond donors (Lipinski definition) is 2. The topological polar surface area (TPSA) is 41.1 Å². The Bertz CT molecular complexity index is 610. The van der Waals surface area contributed by atoms with Crippen LogP contribution in [-0.4, -0.2) is 30.5 Å². The summed E-state index contributed by atoms with van der Waals surface area (Å²) in [5.74, 6) is -1.22. The maximum Gasteiger partial charge on any atom is 0.261 e. The van der Waals surface area contributed by atoms with E-state index in [2.05, 4.69) is 16.7 Å². The molecule has 7 heteroatoms. The van der Waals surface area contributed by atoms with E-state index in [0.717, 1.165) is 18.9 Å². The zero-order valence-electron chi connectivity index (χ0n) is 14.1. The highest BCUT2D eigenvalue weighted by molar-refractivity contribution is 7.14. The second-order valence-electron chi connectivity index (χ2n) is 7.61. The highest BCUT2D eigenvalue weighted by Gasteiger charge is 2.40. The van der Waals surface area contributed by atoms with Crippen LogP contribution >= 0.6 is 23.7 Å². The Balaban J connectivity index is 0.00000182. The van der Waals surface area contributed by atoms with Crippen LogP contribution in [0.5, 0.6) is 0 Å². The summed E-state index contributed by atoms with van der Waals surface area (Å²) in [4.78, 5) is 14.3. The first-order valence-electron chi connectivity index (χ1n) is 9.02. The highest BCUT2D eigenvalue weighted by atomic mass is 35.5. The van der Waals surface area contributed by atoms with Crippen molar-refractivity contribution >= 4 is 29.7 Å². The van der Waals surface area contributed by atoms with Crippen molar-refractivity contribution in [2.75, 3.05) is 6.54 Å². The number of rotatable bonds is 6. The molecular weight excluding hydrogens is 366 g/mol. The Labute approximate surface area is 157 Å². The van der Waals surface area contributed by atoms with E-state index in [1.54, 1.807) is 11.3 Å². The molecule has 3 aliphatic rings. The average Bonchev–Trinajstić information content (AvgIpc) is 3.46.